The molecule has 0 radical (unpaired) electrons. The highest BCUT2D eigenvalue weighted by molar-refractivity contribution is 6.71. The molecule has 0 saturated carbocycles. The Bertz CT molecular complexity index is 444. The zero-order valence-corrected chi connectivity index (χ0v) is 23.1. The average Bonchev–Trinajstić information content (AvgIpc) is 2.29. The van der Waals surface area contributed by atoms with Crippen LogP contribution in [-0.4, -0.2) is 58.6 Å². The third-order valence-electron chi connectivity index (χ3n) is 3.04. The van der Waals surface area contributed by atoms with Crippen molar-refractivity contribution in [3.8, 4) is 0 Å². The first-order chi connectivity index (χ1) is 11.3. The van der Waals surface area contributed by atoms with Gasteiger partial charge in [-0.15, -0.1) is 0 Å². The van der Waals surface area contributed by atoms with Crippen LogP contribution < -0.4 is 0 Å². The van der Waals surface area contributed by atoms with Gasteiger partial charge < -0.3 is 17.7 Å². The maximum atomic E-state index is 13.0. The van der Waals surface area contributed by atoms with Crippen LogP contribution in [-0.2, 0) is 22.5 Å². The Morgan fingerprint density at radius 2 is 1.08 bits per heavy atom. The molecule has 0 unspecified atom stereocenters. The van der Waals surface area contributed by atoms with E-state index in [1.54, 1.807) is 0 Å². The highest BCUT2D eigenvalue weighted by Gasteiger charge is 2.38. The Hall–Kier alpha value is 0.218. The van der Waals surface area contributed by atoms with Crippen molar-refractivity contribution < 1.29 is 22.5 Å². The molecule has 156 valence electrons. The summed E-state index contributed by atoms with van der Waals surface area (Å²) in [7, 11) is -7.34. The molecule has 9 heteroatoms. The second-order valence-corrected chi connectivity index (χ2v) is 28.7. The van der Waals surface area contributed by atoms with Crippen molar-refractivity contribution in [3.05, 3.63) is 0 Å². The predicted molar refractivity (Wildman–Crippen MR) is 120 cm³/mol. The van der Waals surface area contributed by atoms with E-state index in [2.05, 4.69) is 58.9 Å². The van der Waals surface area contributed by atoms with Gasteiger partial charge in [-0.05, 0) is 78.6 Å². The van der Waals surface area contributed by atoms with Crippen molar-refractivity contribution in [2.45, 2.75) is 84.7 Å². The second-order valence-electron chi connectivity index (χ2n) is 10.8. The molecule has 0 aromatic heterocycles. The van der Waals surface area contributed by atoms with Crippen molar-refractivity contribution >= 4 is 39.2 Å². The molecular weight excluding hydrogens is 397 g/mol. The molecule has 0 rings (SSSR count). The third-order valence-corrected chi connectivity index (χ3v) is 6.93. The van der Waals surface area contributed by atoms with Gasteiger partial charge in [-0.1, -0.05) is 0 Å². The quantitative estimate of drug-likeness (QED) is 0.429. The predicted octanol–water partition coefficient (Wildman–Crippen LogP) is 4.90. The number of carbonyl (C=O) groups is 1. The minimum absolute atomic E-state index is 0.204. The Balaban J connectivity index is 5.54. The first-order valence-electron chi connectivity index (χ1n) is 9.48. The normalized spacial score (nSPS) is 16.3. The Kier molecular flexibility index (Phi) is 9.70. The maximum absolute atomic E-state index is 13.0. The molecular formula is C17H42O5Si4. The second kappa shape index (κ2) is 9.62. The molecule has 0 aliphatic heterocycles. The van der Waals surface area contributed by atoms with Gasteiger partial charge in [-0.2, -0.15) is 0 Å². The Labute approximate surface area is 165 Å². The number of rotatable bonds is 11. The van der Waals surface area contributed by atoms with Gasteiger partial charge in [0.25, 0.3) is 0 Å². The molecule has 0 N–H and O–H groups in total. The van der Waals surface area contributed by atoms with Crippen LogP contribution in [0.15, 0.2) is 0 Å². The van der Waals surface area contributed by atoms with E-state index in [1.165, 1.54) is 0 Å². The summed E-state index contributed by atoms with van der Waals surface area (Å²) in [4.78, 5) is 13.0. The molecule has 2 atom stereocenters. The van der Waals surface area contributed by atoms with Crippen LogP contribution >= 0.6 is 0 Å². The first kappa shape index (κ1) is 26.2. The number of hydrogen-bond acceptors (Lipinski definition) is 5. The summed E-state index contributed by atoms with van der Waals surface area (Å²) < 4.78 is 24.4. The van der Waals surface area contributed by atoms with E-state index in [-0.39, 0.29) is 12.1 Å². The highest BCUT2D eigenvalue weighted by atomic mass is 28.4. The van der Waals surface area contributed by atoms with Gasteiger partial charge in [0.05, 0.1) is 12.7 Å². The molecule has 0 aliphatic carbocycles. The molecule has 0 aromatic rings. The number of carbonyl (C=O) groups excluding carboxylic acids is 1. The largest absolute Gasteiger partial charge is 0.520 e. The molecule has 0 heterocycles. The molecule has 0 saturated heterocycles. The van der Waals surface area contributed by atoms with Gasteiger partial charge in [0.2, 0.25) is 8.32 Å². The van der Waals surface area contributed by atoms with Crippen molar-refractivity contribution in [2.75, 3.05) is 13.2 Å². The molecule has 0 bridgehead atoms. The molecule has 5 nitrogen and oxygen atoms in total. The Morgan fingerprint density at radius 1 is 0.654 bits per heavy atom. The average molecular weight is 439 g/mol. The molecule has 0 aromatic carbocycles. The minimum Gasteiger partial charge on any atom is -0.520 e. The summed E-state index contributed by atoms with van der Waals surface area (Å²) in [5, 5.41) is 0. The van der Waals surface area contributed by atoms with Crippen molar-refractivity contribution in [1.29, 1.82) is 0 Å². The molecule has 26 heavy (non-hydrogen) atoms. The standard InChI is InChI=1S/C17H42O5Si4/c1-23(2,3)19-13-15(17(18)22-26(10,11)12)16(21-25(7,8)9)14-20-24(4,5)6/h15-16H,13-14H2,1-12H3/t15-,16-/m1/s1. The van der Waals surface area contributed by atoms with Crippen molar-refractivity contribution in [2.24, 2.45) is 5.92 Å². The van der Waals surface area contributed by atoms with Crippen molar-refractivity contribution in [3.63, 3.8) is 0 Å². The van der Waals surface area contributed by atoms with Gasteiger partial charge >= 0.3 is 5.97 Å². The van der Waals surface area contributed by atoms with E-state index in [9.17, 15) is 4.79 Å². The monoisotopic (exact) mass is 438 g/mol. The van der Waals surface area contributed by atoms with E-state index in [4.69, 9.17) is 17.7 Å². The fraction of sp³-hybridized carbons (Fsp3) is 0.941. The van der Waals surface area contributed by atoms with Crippen LogP contribution in [0.3, 0.4) is 0 Å². The highest BCUT2D eigenvalue weighted by Crippen LogP contribution is 2.22. The molecule has 0 fully saturated rings. The zero-order chi connectivity index (χ0) is 21.0. The summed E-state index contributed by atoms with van der Waals surface area (Å²) in [6, 6.07) is 0. The lowest BCUT2D eigenvalue weighted by Gasteiger charge is -2.35. The molecule has 0 spiro atoms. The fourth-order valence-corrected chi connectivity index (χ4v) is 5.30. The van der Waals surface area contributed by atoms with Crippen LogP contribution in [0.1, 0.15) is 0 Å². The molecule has 0 aliphatic rings. The SMILES string of the molecule is C[Si](C)(C)OC[C@@H](O[Si](C)(C)C)[C@@H](CO[Si](C)(C)C)C(=O)O[Si](C)(C)C. The van der Waals surface area contributed by atoms with Gasteiger partial charge in [-0.25, -0.2) is 0 Å². The first-order valence-corrected chi connectivity index (χ1v) is 23.1. The summed E-state index contributed by atoms with van der Waals surface area (Å²) in [5.41, 5.74) is 0. The molecule has 0 amide bonds. The summed E-state index contributed by atoms with van der Waals surface area (Å²) in [5.74, 6) is -0.652. The zero-order valence-electron chi connectivity index (χ0n) is 19.1. The van der Waals surface area contributed by atoms with Crippen LogP contribution in [0, 0.1) is 5.92 Å². The third kappa shape index (κ3) is 14.3. The maximum Gasteiger partial charge on any atom is 0.300 e. The summed E-state index contributed by atoms with van der Waals surface area (Å²) in [6.07, 6.45) is -0.325. The van der Waals surface area contributed by atoms with Crippen LogP contribution in [0.25, 0.3) is 0 Å². The van der Waals surface area contributed by atoms with Gasteiger partial charge in [0.15, 0.2) is 25.0 Å². The summed E-state index contributed by atoms with van der Waals surface area (Å²) in [6.45, 7) is 26.0. The van der Waals surface area contributed by atoms with Crippen LogP contribution in [0.2, 0.25) is 78.6 Å². The van der Waals surface area contributed by atoms with Crippen LogP contribution in [0.5, 0.6) is 0 Å². The van der Waals surface area contributed by atoms with E-state index in [0.717, 1.165) is 0 Å². The topological polar surface area (TPSA) is 54.0 Å². The minimum atomic E-state index is -1.99. The van der Waals surface area contributed by atoms with E-state index >= 15 is 0 Å². The van der Waals surface area contributed by atoms with Gasteiger partial charge in [-0.3, -0.25) is 4.79 Å². The summed E-state index contributed by atoms with van der Waals surface area (Å²) >= 11 is 0. The van der Waals surface area contributed by atoms with E-state index in [1.807, 2.05) is 19.6 Å². The lowest BCUT2D eigenvalue weighted by Crippen LogP contribution is -2.48. The van der Waals surface area contributed by atoms with Gasteiger partial charge in [0.1, 0.15) is 5.92 Å². The van der Waals surface area contributed by atoms with Gasteiger partial charge in [0, 0.05) is 6.61 Å². The van der Waals surface area contributed by atoms with Crippen molar-refractivity contribution in [1.82, 2.24) is 0 Å². The smallest absolute Gasteiger partial charge is 0.300 e. The van der Waals surface area contributed by atoms with E-state index < -0.39 is 39.2 Å². The lowest BCUT2D eigenvalue weighted by atomic mass is 10.1. The van der Waals surface area contributed by atoms with E-state index in [0.29, 0.717) is 13.2 Å². The number of hydrogen-bond donors (Lipinski definition) is 0. The lowest BCUT2D eigenvalue weighted by molar-refractivity contribution is -0.145. The Morgan fingerprint density at radius 3 is 1.42 bits per heavy atom. The fourth-order valence-electron chi connectivity index (χ4n) is 2.06. The van der Waals surface area contributed by atoms with Crippen LogP contribution in [0.4, 0.5) is 0 Å².